The highest BCUT2D eigenvalue weighted by atomic mass is 35.5. The molecular weight excluding hydrogens is 350 g/mol. The zero-order valence-electron chi connectivity index (χ0n) is 14.7. The van der Waals surface area contributed by atoms with E-state index in [0.29, 0.717) is 23.9 Å². The van der Waals surface area contributed by atoms with E-state index in [4.69, 9.17) is 16.3 Å². The Kier molecular flexibility index (Phi) is 5.58. The van der Waals surface area contributed by atoms with E-state index in [0.717, 1.165) is 22.4 Å². The number of nitrogens with one attached hydrogen (secondary N) is 1. The molecule has 0 saturated carbocycles. The van der Waals surface area contributed by atoms with Gasteiger partial charge in [0, 0.05) is 29.8 Å². The molecule has 0 unspecified atom stereocenters. The number of ether oxygens (including phenoxy) is 1. The minimum atomic E-state index is -0.172. The SMILES string of the molecule is COc1ccc(Cl)cc1C=CC(=O)NCCn1c(C)nc2ccccc21. The highest BCUT2D eigenvalue weighted by molar-refractivity contribution is 6.30. The number of methoxy groups -OCH3 is 1. The number of hydrogen-bond donors (Lipinski definition) is 1. The summed E-state index contributed by atoms with van der Waals surface area (Å²) in [5.41, 5.74) is 2.79. The first-order valence-corrected chi connectivity index (χ1v) is 8.67. The fourth-order valence-corrected chi connectivity index (χ4v) is 3.01. The Balaban J connectivity index is 1.61. The van der Waals surface area contributed by atoms with E-state index >= 15 is 0 Å². The second-order valence-corrected chi connectivity index (χ2v) is 6.25. The van der Waals surface area contributed by atoms with E-state index in [-0.39, 0.29) is 5.91 Å². The lowest BCUT2D eigenvalue weighted by molar-refractivity contribution is -0.116. The quantitative estimate of drug-likeness (QED) is 0.672. The molecule has 0 aliphatic heterocycles. The van der Waals surface area contributed by atoms with Crippen LogP contribution in [0.5, 0.6) is 5.75 Å². The van der Waals surface area contributed by atoms with Crippen molar-refractivity contribution in [1.29, 1.82) is 0 Å². The van der Waals surface area contributed by atoms with E-state index in [2.05, 4.69) is 14.9 Å². The van der Waals surface area contributed by atoms with E-state index in [1.807, 2.05) is 31.2 Å². The van der Waals surface area contributed by atoms with Crippen molar-refractivity contribution >= 4 is 34.6 Å². The number of imidazole rings is 1. The Morgan fingerprint density at radius 1 is 1.31 bits per heavy atom. The Morgan fingerprint density at radius 2 is 2.12 bits per heavy atom. The average Bonchev–Trinajstić information content (AvgIpc) is 2.95. The molecule has 5 nitrogen and oxygen atoms in total. The van der Waals surface area contributed by atoms with E-state index in [1.165, 1.54) is 6.08 Å². The lowest BCUT2D eigenvalue weighted by Gasteiger charge is -2.08. The van der Waals surface area contributed by atoms with Gasteiger partial charge in [-0.1, -0.05) is 23.7 Å². The van der Waals surface area contributed by atoms with Crippen LogP contribution in [0.4, 0.5) is 0 Å². The Bertz CT molecular complexity index is 963. The molecule has 0 fully saturated rings. The Labute approximate surface area is 157 Å². The molecule has 3 aromatic rings. The lowest BCUT2D eigenvalue weighted by atomic mass is 10.2. The summed E-state index contributed by atoms with van der Waals surface area (Å²) in [4.78, 5) is 16.6. The third kappa shape index (κ3) is 4.06. The van der Waals surface area contributed by atoms with Crippen molar-refractivity contribution in [3.8, 4) is 5.75 Å². The number of amides is 1. The first-order valence-electron chi connectivity index (χ1n) is 8.30. The summed E-state index contributed by atoms with van der Waals surface area (Å²) in [6.07, 6.45) is 3.17. The molecule has 0 spiro atoms. The molecule has 0 aliphatic rings. The average molecular weight is 370 g/mol. The van der Waals surface area contributed by atoms with Crippen LogP contribution in [0.2, 0.25) is 5.02 Å². The van der Waals surface area contributed by atoms with Crippen molar-refractivity contribution in [3.05, 3.63) is 65.0 Å². The summed E-state index contributed by atoms with van der Waals surface area (Å²) in [5.74, 6) is 1.42. The number of fused-ring (bicyclic) bond motifs is 1. The van der Waals surface area contributed by atoms with Gasteiger partial charge in [0.25, 0.3) is 0 Å². The maximum atomic E-state index is 12.1. The standard InChI is InChI=1S/C20H20ClN3O2/c1-14-23-17-5-3-4-6-18(17)24(14)12-11-22-20(25)10-7-15-13-16(21)8-9-19(15)26-2/h3-10,13H,11-12H2,1-2H3,(H,22,25). The molecule has 0 radical (unpaired) electrons. The number of hydrogen-bond acceptors (Lipinski definition) is 3. The second kappa shape index (κ2) is 8.06. The predicted octanol–water partition coefficient (Wildman–Crippen LogP) is 3.84. The largest absolute Gasteiger partial charge is 0.496 e. The maximum absolute atomic E-state index is 12.1. The van der Waals surface area contributed by atoms with Crippen molar-refractivity contribution < 1.29 is 9.53 Å². The first-order chi connectivity index (χ1) is 12.6. The summed E-state index contributed by atoms with van der Waals surface area (Å²) in [7, 11) is 1.58. The maximum Gasteiger partial charge on any atom is 0.244 e. The molecule has 0 aliphatic carbocycles. The van der Waals surface area contributed by atoms with E-state index in [1.54, 1.807) is 31.4 Å². The van der Waals surface area contributed by atoms with Gasteiger partial charge in [0.05, 0.1) is 18.1 Å². The monoisotopic (exact) mass is 369 g/mol. The minimum Gasteiger partial charge on any atom is -0.496 e. The molecule has 0 atom stereocenters. The number of aryl methyl sites for hydroxylation is 1. The summed E-state index contributed by atoms with van der Waals surface area (Å²) < 4.78 is 7.36. The van der Waals surface area contributed by atoms with Crippen LogP contribution in [0, 0.1) is 6.92 Å². The number of halogens is 1. The molecule has 26 heavy (non-hydrogen) atoms. The third-order valence-corrected chi connectivity index (χ3v) is 4.32. The van der Waals surface area contributed by atoms with Gasteiger partial charge < -0.3 is 14.6 Å². The number of carbonyl (C=O) groups excluding carboxylic acids is 1. The van der Waals surface area contributed by atoms with E-state index in [9.17, 15) is 4.79 Å². The van der Waals surface area contributed by atoms with Gasteiger partial charge in [-0.2, -0.15) is 0 Å². The fraction of sp³-hybridized carbons (Fsp3) is 0.200. The number of benzene rings is 2. The van der Waals surface area contributed by atoms with Gasteiger partial charge in [-0.3, -0.25) is 4.79 Å². The molecule has 0 saturated heterocycles. The molecule has 2 aromatic carbocycles. The number of rotatable bonds is 6. The van der Waals surface area contributed by atoms with Crippen molar-refractivity contribution in [1.82, 2.24) is 14.9 Å². The molecule has 0 bridgehead atoms. The van der Waals surface area contributed by atoms with Crippen LogP contribution >= 0.6 is 11.6 Å². The number of aromatic nitrogens is 2. The number of para-hydroxylation sites is 2. The van der Waals surface area contributed by atoms with Crippen LogP contribution in [-0.2, 0) is 11.3 Å². The predicted molar refractivity (Wildman–Crippen MR) is 105 cm³/mol. The third-order valence-electron chi connectivity index (χ3n) is 4.09. The molecule has 6 heteroatoms. The zero-order chi connectivity index (χ0) is 18.5. The lowest BCUT2D eigenvalue weighted by Crippen LogP contribution is -2.25. The van der Waals surface area contributed by atoms with Crippen LogP contribution in [0.15, 0.2) is 48.5 Å². The highest BCUT2D eigenvalue weighted by Gasteiger charge is 2.06. The first kappa shape index (κ1) is 18.0. The topological polar surface area (TPSA) is 56.1 Å². The molecule has 1 N–H and O–H groups in total. The Hall–Kier alpha value is -2.79. The second-order valence-electron chi connectivity index (χ2n) is 5.81. The van der Waals surface area contributed by atoms with Crippen LogP contribution in [0.25, 0.3) is 17.1 Å². The summed E-state index contributed by atoms with van der Waals surface area (Å²) >= 11 is 5.99. The van der Waals surface area contributed by atoms with Gasteiger partial charge in [0.1, 0.15) is 11.6 Å². The van der Waals surface area contributed by atoms with Gasteiger partial charge in [-0.05, 0) is 43.3 Å². The zero-order valence-corrected chi connectivity index (χ0v) is 15.5. The van der Waals surface area contributed by atoms with Gasteiger partial charge in [-0.25, -0.2) is 4.98 Å². The van der Waals surface area contributed by atoms with Gasteiger partial charge in [0.2, 0.25) is 5.91 Å². The molecule has 1 heterocycles. The van der Waals surface area contributed by atoms with Crippen molar-refractivity contribution in [2.75, 3.05) is 13.7 Å². The van der Waals surface area contributed by atoms with Gasteiger partial charge in [0.15, 0.2) is 0 Å². The molecule has 1 amide bonds. The van der Waals surface area contributed by atoms with E-state index < -0.39 is 0 Å². The summed E-state index contributed by atoms with van der Waals surface area (Å²) in [5, 5.41) is 3.48. The molecular formula is C20H20ClN3O2. The van der Waals surface area contributed by atoms with Crippen LogP contribution < -0.4 is 10.1 Å². The normalized spacial score (nSPS) is 11.2. The summed E-state index contributed by atoms with van der Waals surface area (Å²) in [6, 6.07) is 13.2. The molecule has 3 rings (SSSR count). The smallest absolute Gasteiger partial charge is 0.244 e. The number of nitrogens with zero attached hydrogens (tertiary/aromatic N) is 2. The van der Waals surface area contributed by atoms with Crippen LogP contribution in [-0.4, -0.2) is 29.1 Å². The van der Waals surface area contributed by atoms with Crippen molar-refractivity contribution in [3.63, 3.8) is 0 Å². The fourth-order valence-electron chi connectivity index (χ4n) is 2.83. The molecule has 1 aromatic heterocycles. The highest BCUT2D eigenvalue weighted by Crippen LogP contribution is 2.23. The Morgan fingerprint density at radius 3 is 2.92 bits per heavy atom. The van der Waals surface area contributed by atoms with Crippen LogP contribution in [0.3, 0.4) is 0 Å². The number of carbonyl (C=O) groups is 1. The summed E-state index contributed by atoms with van der Waals surface area (Å²) in [6.45, 7) is 3.14. The minimum absolute atomic E-state index is 0.172. The van der Waals surface area contributed by atoms with Gasteiger partial charge in [-0.15, -0.1) is 0 Å². The van der Waals surface area contributed by atoms with Crippen LogP contribution in [0.1, 0.15) is 11.4 Å². The van der Waals surface area contributed by atoms with Crippen molar-refractivity contribution in [2.24, 2.45) is 0 Å². The van der Waals surface area contributed by atoms with Crippen molar-refractivity contribution in [2.45, 2.75) is 13.5 Å². The van der Waals surface area contributed by atoms with Gasteiger partial charge >= 0.3 is 0 Å². The molecule has 134 valence electrons.